The zero-order valence-corrected chi connectivity index (χ0v) is 17.5. The van der Waals surface area contributed by atoms with Gasteiger partial charge < -0.3 is 24.6 Å². The van der Waals surface area contributed by atoms with Crippen molar-refractivity contribution in [1.82, 2.24) is 15.1 Å². The SMILES string of the molecule is COC(=O)C1=C(C)N(CCCN(C)C)C(=S)N[C@H]1c1ccc(OCC#N)cc1. The Bertz CT molecular complexity index is 784. The Kier molecular flexibility index (Phi) is 7.79. The number of thiocarbonyl (C=S) groups is 1. The largest absolute Gasteiger partial charge is 0.479 e. The molecular weight excluding hydrogens is 376 g/mol. The zero-order chi connectivity index (χ0) is 20.7. The number of esters is 1. The molecule has 0 amide bonds. The molecule has 1 aliphatic heterocycles. The first-order valence-corrected chi connectivity index (χ1v) is 9.41. The Balaban J connectivity index is 2.31. The predicted molar refractivity (Wildman–Crippen MR) is 111 cm³/mol. The Morgan fingerprint density at radius 3 is 2.61 bits per heavy atom. The van der Waals surface area contributed by atoms with E-state index in [1.807, 2.05) is 44.1 Å². The summed E-state index contributed by atoms with van der Waals surface area (Å²) in [5.74, 6) is 0.203. The molecule has 0 bridgehead atoms. The molecule has 0 spiro atoms. The first-order valence-electron chi connectivity index (χ1n) is 9.00. The number of nitriles is 1. The van der Waals surface area contributed by atoms with Crippen LogP contribution in [0, 0.1) is 11.3 Å². The molecule has 0 saturated carbocycles. The summed E-state index contributed by atoms with van der Waals surface area (Å²) in [6, 6.07) is 8.77. The summed E-state index contributed by atoms with van der Waals surface area (Å²) in [6.07, 6.45) is 0.913. The van der Waals surface area contributed by atoms with E-state index in [1.54, 1.807) is 12.1 Å². The molecule has 1 aliphatic rings. The molecule has 28 heavy (non-hydrogen) atoms. The van der Waals surface area contributed by atoms with Crippen LogP contribution in [0.1, 0.15) is 24.9 Å². The van der Waals surface area contributed by atoms with Gasteiger partial charge in [-0.3, -0.25) is 0 Å². The molecule has 0 fully saturated rings. The van der Waals surface area contributed by atoms with Gasteiger partial charge in [-0.1, -0.05) is 12.1 Å². The van der Waals surface area contributed by atoms with Crippen molar-refractivity contribution in [3.8, 4) is 11.8 Å². The number of hydrogen-bond donors (Lipinski definition) is 1. The van der Waals surface area contributed by atoms with E-state index in [4.69, 9.17) is 27.0 Å². The lowest BCUT2D eigenvalue weighted by molar-refractivity contribution is -0.136. The van der Waals surface area contributed by atoms with Crippen molar-refractivity contribution >= 4 is 23.3 Å². The quantitative estimate of drug-likeness (QED) is 0.524. The Labute approximate surface area is 171 Å². The van der Waals surface area contributed by atoms with Crippen molar-refractivity contribution < 1.29 is 14.3 Å². The minimum Gasteiger partial charge on any atom is -0.479 e. The maximum Gasteiger partial charge on any atom is 0.337 e. The van der Waals surface area contributed by atoms with Crippen molar-refractivity contribution in [3.05, 3.63) is 41.1 Å². The average Bonchev–Trinajstić information content (AvgIpc) is 2.68. The molecular formula is C20H26N4O3S. The van der Waals surface area contributed by atoms with Crippen LogP contribution in [-0.4, -0.2) is 61.8 Å². The molecule has 0 saturated heterocycles. The van der Waals surface area contributed by atoms with E-state index in [1.165, 1.54) is 7.11 Å². The van der Waals surface area contributed by atoms with Gasteiger partial charge in [-0.25, -0.2) is 4.79 Å². The molecule has 0 radical (unpaired) electrons. The lowest BCUT2D eigenvalue weighted by Crippen LogP contribution is -2.48. The van der Waals surface area contributed by atoms with E-state index < -0.39 is 6.04 Å². The highest BCUT2D eigenvalue weighted by molar-refractivity contribution is 7.80. The van der Waals surface area contributed by atoms with E-state index in [0.29, 0.717) is 23.0 Å². The van der Waals surface area contributed by atoms with E-state index in [-0.39, 0.29) is 12.6 Å². The van der Waals surface area contributed by atoms with Crippen molar-refractivity contribution in [3.63, 3.8) is 0 Å². The second kappa shape index (κ2) is 10.1. The molecule has 1 aromatic rings. The van der Waals surface area contributed by atoms with Crippen LogP contribution in [0.2, 0.25) is 0 Å². The van der Waals surface area contributed by atoms with Crippen LogP contribution in [0.15, 0.2) is 35.5 Å². The number of ether oxygens (including phenoxy) is 2. The van der Waals surface area contributed by atoms with Crippen LogP contribution >= 0.6 is 12.2 Å². The summed E-state index contributed by atoms with van der Waals surface area (Å²) in [6.45, 7) is 3.52. The van der Waals surface area contributed by atoms with Gasteiger partial charge in [0.15, 0.2) is 11.7 Å². The van der Waals surface area contributed by atoms with Crippen LogP contribution < -0.4 is 10.1 Å². The Morgan fingerprint density at radius 1 is 1.36 bits per heavy atom. The van der Waals surface area contributed by atoms with Gasteiger partial charge in [0.1, 0.15) is 11.8 Å². The van der Waals surface area contributed by atoms with Gasteiger partial charge in [-0.2, -0.15) is 5.26 Å². The van der Waals surface area contributed by atoms with Gasteiger partial charge in [-0.05, 0) is 63.9 Å². The molecule has 2 rings (SSSR count). The number of allylic oxidation sites excluding steroid dienone is 1. The van der Waals surface area contributed by atoms with Crippen LogP contribution in [0.5, 0.6) is 5.75 Å². The molecule has 1 atom stereocenters. The highest BCUT2D eigenvalue weighted by atomic mass is 32.1. The monoisotopic (exact) mass is 402 g/mol. The van der Waals surface area contributed by atoms with E-state index >= 15 is 0 Å². The minimum atomic E-state index is -0.407. The predicted octanol–water partition coefficient (Wildman–Crippen LogP) is 2.22. The Hall–Kier alpha value is -2.63. The van der Waals surface area contributed by atoms with Crippen LogP contribution in [0.25, 0.3) is 0 Å². The van der Waals surface area contributed by atoms with Gasteiger partial charge in [-0.15, -0.1) is 0 Å². The number of carbonyl (C=O) groups excluding carboxylic acids is 1. The number of nitrogens with zero attached hydrogens (tertiary/aromatic N) is 3. The molecule has 7 nitrogen and oxygen atoms in total. The van der Waals surface area contributed by atoms with Gasteiger partial charge in [0.05, 0.1) is 18.7 Å². The van der Waals surface area contributed by atoms with Gasteiger partial charge in [0.2, 0.25) is 0 Å². The van der Waals surface area contributed by atoms with Crippen LogP contribution in [-0.2, 0) is 9.53 Å². The maximum absolute atomic E-state index is 12.5. The normalized spacial score (nSPS) is 16.6. The van der Waals surface area contributed by atoms with E-state index in [0.717, 1.165) is 24.2 Å². The number of hydrogen-bond acceptors (Lipinski definition) is 6. The number of carbonyl (C=O) groups is 1. The molecule has 0 unspecified atom stereocenters. The third kappa shape index (κ3) is 5.21. The molecule has 0 aliphatic carbocycles. The Morgan fingerprint density at radius 2 is 2.04 bits per heavy atom. The second-order valence-electron chi connectivity index (χ2n) is 6.70. The first kappa shape index (κ1) is 21.7. The van der Waals surface area contributed by atoms with E-state index in [2.05, 4.69) is 10.2 Å². The van der Waals surface area contributed by atoms with Gasteiger partial charge >= 0.3 is 5.97 Å². The number of nitrogens with one attached hydrogen (secondary N) is 1. The summed E-state index contributed by atoms with van der Waals surface area (Å²) in [4.78, 5) is 16.6. The fourth-order valence-electron chi connectivity index (χ4n) is 3.09. The summed E-state index contributed by atoms with van der Waals surface area (Å²) in [5, 5.41) is 12.5. The summed E-state index contributed by atoms with van der Waals surface area (Å²) in [7, 11) is 5.42. The fourth-order valence-corrected chi connectivity index (χ4v) is 3.44. The topological polar surface area (TPSA) is 77.8 Å². The fraction of sp³-hybridized carbons (Fsp3) is 0.450. The standard InChI is InChI=1S/C20H26N4O3S/c1-14-17(19(25)26-4)18(15-6-8-16(9-7-15)27-13-10-21)22-20(28)24(14)12-5-11-23(2)3/h6-9,18H,5,11-13H2,1-4H3,(H,22,28)/t18-/m0/s1. The van der Waals surface area contributed by atoms with Crippen molar-refractivity contribution in [1.29, 1.82) is 5.26 Å². The molecule has 1 N–H and O–H groups in total. The molecule has 0 aromatic heterocycles. The molecule has 8 heteroatoms. The first-order chi connectivity index (χ1) is 13.4. The highest BCUT2D eigenvalue weighted by Crippen LogP contribution is 2.32. The molecule has 1 aromatic carbocycles. The summed E-state index contributed by atoms with van der Waals surface area (Å²) < 4.78 is 10.3. The highest BCUT2D eigenvalue weighted by Gasteiger charge is 2.34. The third-order valence-corrected chi connectivity index (χ3v) is 4.84. The van der Waals surface area contributed by atoms with Gasteiger partial charge in [0.25, 0.3) is 0 Å². The minimum absolute atomic E-state index is 0.0144. The number of benzene rings is 1. The zero-order valence-electron chi connectivity index (χ0n) is 16.7. The lowest BCUT2D eigenvalue weighted by atomic mass is 9.95. The van der Waals surface area contributed by atoms with Crippen LogP contribution in [0.3, 0.4) is 0 Å². The smallest absolute Gasteiger partial charge is 0.337 e. The van der Waals surface area contributed by atoms with Gasteiger partial charge in [0, 0.05) is 12.2 Å². The van der Waals surface area contributed by atoms with E-state index in [9.17, 15) is 4.79 Å². The van der Waals surface area contributed by atoms with Crippen molar-refractivity contribution in [2.45, 2.75) is 19.4 Å². The van der Waals surface area contributed by atoms with Crippen molar-refractivity contribution in [2.75, 3.05) is 40.9 Å². The van der Waals surface area contributed by atoms with Crippen LogP contribution in [0.4, 0.5) is 0 Å². The summed E-state index contributed by atoms with van der Waals surface area (Å²) in [5.41, 5.74) is 2.19. The second-order valence-corrected chi connectivity index (χ2v) is 7.08. The molecule has 150 valence electrons. The summed E-state index contributed by atoms with van der Waals surface area (Å²) >= 11 is 5.57. The number of rotatable bonds is 8. The lowest BCUT2D eigenvalue weighted by Gasteiger charge is -2.37. The molecule has 1 heterocycles. The number of methoxy groups -OCH3 is 1. The third-order valence-electron chi connectivity index (χ3n) is 4.51. The maximum atomic E-state index is 12.5. The van der Waals surface area contributed by atoms with Crippen molar-refractivity contribution in [2.24, 2.45) is 0 Å². The average molecular weight is 403 g/mol.